The van der Waals surface area contributed by atoms with Crippen LogP contribution >= 0.6 is 0 Å². The lowest BCUT2D eigenvalue weighted by Crippen LogP contribution is -2.14. The molecule has 2 rings (SSSR count). The van der Waals surface area contributed by atoms with Gasteiger partial charge in [0.1, 0.15) is 0 Å². The van der Waals surface area contributed by atoms with Crippen molar-refractivity contribution in [3.8, 4) is 0 Å². The van der Waals surface area contributed by atoms with Crippen LogP contribution in [0, 0.1) is 0 Å². The average Bonchev–Trinajstić information content (AvgIpc) is 2.56. The Kier molecular flexibility index (Phi) is 6.28. The van der Waals surface area contributed by atoms with Crippen molar-refractivity contribution >= 4 is 29.7 Å². The SMILES string of the molecule is O=CO/C=C/C(=O)Nc1cccc(NC(=O)Cc2ccccc2)c1. The molecule has 2 N–H and O–H groups in total. The van der Waals surface area contributed by atoms with Crippen molar-refractivity contribution in [3.63, 3.8) is 0 Å². The fourth-order valence-corrected chi connectivity index (χ4v) is 1.98. The summed E-state index contributed by atoms with van der Waals surface area (Å²) < 4.78 is 4.30. The smallest absolute Gasteiger partial charge is 0.297 e. The Morgan fingerprint density at radius 2 is 1.67 bits per heavy atom. The molecule has 24 heavy (non-hydrogen) atoms. The van der Waals surface area contributed by atoms with Gasteiger partial charge in [-0.3, -0.25) is 14.4 Å². The van der Waals surface area contributed by atoms with Crippen LogP contribution in [0.2, 0.25) is 0 Å². The van der Waals surface area contributed by atoms with Crippen molar-refractivity contribution in [2.75, 3.05) is 10.6 Å². The molecule has 0 heterocycles. The Morgan fingerprint density at radius 3 is 2.38 bits per heavy atom. The first-order valence-corrected chi connectivity index (χ1v) is 7.18. The number of hydrogen-bond acceptors (Lipinski definition) is 4. The summed E-state index contributed by atoms with van der Waals surface area (Å²) in [4.78, 5) is 33.6. The molecule has 2 aromatic carbocycles. The second-order valence-corrected chi connectivity index (χ2v) is 4.82. The van der Waals surface area contributed by atoms with E-state index in [1.165, 1.54) is 0 Å². The Labute approximate surface area is 139 Å². The number of hydrogen-bond donors (Lipinski definition) is 2. The second kappa shape index (κ2) is 8.89. The normalized spacial score (nSPS) is 10.2. The quantitative estimate of drug-likeness (QED) is 0.465. The van der Waals surface area contributed by atoms with Gasteiger partial charge in [-0.25, -0.2) is 0 Å². The van der Waals surface area contributed by atoms with Crippen LogP contribution in [-0.4, -0.2) is 18.3 Å². The van der Waals surface area contributed by atoms with Crippen LogP contribution in [0.3, 0.4) is 0 Å². The topological polar surface area (TPSA) is 84.5 Å². The number of carbonyl (C=O) groups excluding carboxylic acids is 3. The zero-order valence-corrected chi connectivity index (χ0v) is 12.8. The zero-order chi connectivity index (χ0) is 17.2. The van der Waals surface area contributed by atoms with E-state index in [2.05, 4.69) is 15.4 Å². The molecule has 0 spiro atoms. The molecule has 6 heteroatoms. The number of benzene rings is 2. The molecule has 0 fully saturated rings. The van der Waals surface area contributed by atoms with Gasteiger partial charge in [-0.05, 0) is 23.8 Å². The Morgan fingerprint density at radius 1 is 0.958 bits per heavy atom. The molecule has 2 aromatic rings. The van der Waals surface area contributed by atoms with Crippen LogP contribution in [-0.2, 0) is 25.5 Å². The molecule has 0 saturated carbocycles. The van der Waals surface area contributed by atoms with Gasteiger partial charge in [0, 0.05) is 17.5 Å². The monoisotopic (exact) mass is 324 g/mol. The summed E-state index contributed by atoms with van der Waals surface area (Å²) in [6.45, 7) is 0.215. The molecule has 0 saturated heterocycles. The van der Waals surface area contributed by atoms with Gasteiger partial charge in [0.15, 0.2) is 0 Å². The first-order valence-electron chi connectivity index (χ1n) is 7.18. The number of nitrogens with one attached hydrogen (secondary N) is 2. The predicted octanol–water partition coefficient (Wildman–Crippen LogP) is 2.49. The molecule has 2 amide bonds. The Balaban J connectivity index is 1.93. The molecule has 0 aliphatic carbocycles. The maximum Gasteiger partial charge on any atom is 0.297 e. The molecular weight excluding hydrogens is 308 g/mol. The molecule has 0 radical (unpaired) electrons. The minimum absolute atomic E-state index is 0.149. The standard InChI is InChI=1S/C18H16N2O4/c21-13-24-10-9-17(22)19-15-7-4-8-16(12-15)20-18(23)11-14-5-2-1-3-6-14/h1-10,12-13H,11H2,(H,19,22)(H,20,23)/b10-9+. The summed E-state index contributed by atoms with van der Waals surface area (Å²) in [5, 5.41) is 5.37. The van der Waals surface area contributed by atoms with Gasteiger partial charge in [-0.1, -0.05) is 36.4 Å². The third kappa shape index (κ3) is 5.76. The number of amides is 2. The van der Waals surface area contributed by atoms with E-state index in [4.69, 9.17) is 0 Å². The van der Waals surface area contributed by atoms with E-state index in [0.29, 0.717) is 11.4 Å². The van der Waals surface area contributed by atoms with Crippen molar-refractivity contribution in [2.24, 2.45) is 0 Å². The maximum absolute atomic E-state index is 12.0. The molecule has 122 valence electrons. The van der Waals surface area contributed by atoms with Gasteiger partial charge in [0.2, 0.25) is 5.91 Å². The number of ether oxygens (including phenoxy) is 1. The highest BCUT2D eigenvalue weighted by molar-refractivity contribution is 6.00. The van der Waals surface area contributed by atoms with Gasteiger partial charge < -0.3 is 15.4 Å². The van der Waals surface area contributed by atoms with Gasteiger partial charge in [0.25, 0.3) is 12.4 Å². The summed E-state index contributed by atoms with van der Waals surface area (Å²) in [6, 6.07) is 16.1. The van der Waals surface area contributed by atoms with Crippen molar-refractivity contribution in [3.05, 3.63) is 72.5 Å². The fourth-order valence-electron chi connectivity index (χ4n) is 1.98. The highest BCUT2D eigenvalue weighted by Gasteiger charge is 2.05. The van der Waals surface area contributed by atoms with Crippen molar-refractivity contribution < 1.29 is 19.1 Å². The fraction of sp³-hybridized carbons (Fsp3) is 0.0556. The lowest BCUT2D eigenvalue weighted by atomic mass is 10.1. The summed E-state index contributed by atoms with van der Waals surface area (Å²) in [7, 11) is 0. The summed E-state index contributed by atoms with van der Waals surface area (Å²) in [5.41, 5.74) is 2.00. The Bertz CT molecular complexity index is 742. The zero-order valence-electron chi connectivity index (χ0n) is 12.8. The van der Waals surface area contributed by atoms with E-state index < -0.39 is 5.91 Å². The van der Waals surface area contributed by atoms with Crippen molar-refractivity contribution in [1.29, 1.82) is 0 Å². The average molecular weight is 324 g/mol. The number of carbonyl (C=O) groups is 3. The lowest BCUT2D eigenvalue weighted by Gasteiger charge is -2.08. The maximum atomic E-state index is 12.0. The predicted molar refractivity (Wildman–Crippen MR) is 90.1 cm³/mol. The third-order valence-corrected chi connectivity index (χ3v) is 2.97. The van der Waals surface area contributed by atoms with Gasteiger partial charge in [-0.2, -0.15) is 0 Å². The summed E-state index contributed by atoms with van der Waals surface area (Å²) in [5.74, 6) is -0.603. The molecular formula is C18H16N2O4. The van der Waals surface area contributed by atoms with E-state index in [0.717, 1.165) is 17.9 Å². The van der Waals surface area contributed by atoms with E-state index >= 15 is 0 Å². The summed E-state index contributed by atoms with van der Waals surface area (Å²) >= 11 is 0. The highest BCUT2D eigenvalue weighted by Crippen LogP contribution is 2.15. The highest BCUT2D eigenvalue weighted by atomic mass is 16.5. The molecule has 0 aromatic heterocycles. The van der Waals surface area contributed by atoms with Crippen molar-refractivity contribution in [1.82, 2.24) is 0 Å². The first-order chi connectivity index (χ1) is 11.7. The van der Waals surface area contributed by atoms with Crippen LogP contribution in [0.25, 0.3) is 0 Å². The Hall–Kier alpha value is -3.41. The molecule has 0 unspecified atom stereocenters. The van der Waals surface area contributed by atoms with Crippen LogP contribution in [0.1, 0.15) is 5.56 Å². The van der Waals surface area contributed by atoms with Gasteiger partial charge >= 0.3 is 0 Å². The largest absolute Gasteiger partial charge is 0.437 e. The van der Waals surface area contributed by atoms with Crippen LogP contribution < -0.4 is 10.6 Å². The van der Waals surface area contributed by atoms with E-state index in [9.17, 15) is 14.4 Å². The number of rotatable bonds is 7. The van der Waals surface area contributed by atoms with Crippen LogP contribution in [0.15, 0.2) is 66.9 Å². The molecule has 0 atom stereocenters. The molecule has 6 nitrogen and oxygen atoms in total. The van der Waals surface area contributed by atoms with E-state index in [-0.39, 0.29) is 18.8 Å². The third-order valence-electron chi connectivity index (χ3n) is 2.97. The first kappa shape index (κ1) is 17.0. The molecule has 0 aliphatic heterocycles. The second-order valence-electron chi connectivity index (χ2n) is 4.82. The van der Waals surface area contributed by atoms with Gasteiger partial charge in [-0.15, -0.1) is 0 Å². The van der Waals surface area contributed by atoms with Crippen LogP contribution in [0.4, 0.5) is 11.4 Å². The summed E-state index contributed by atoms with van der Waals surface area (Å²) in [6.07, 6.45) is 2.33. The van der Waals surface area contributed by atoms with E-state index in [1.54, 1.807) is 24.3 Å². The van der Waals surface area contributed by atoms with E-state index in [1.807, 2.05) is 30.3 Å². The number of anilines is 2. The van der Waals surface area contributed by atoms with Crippen LogP contribution in [0.5, 0.6) is 0 Å². The van der Waals surface area contributed by atoms with Gasteiger partial charge in [0.05, 0.1) is 12.7 Å². The minimum Gasteiger partial charge on any atom is -0.437 e. The van der Waals surface area contributed by atoms with Crippen molar-refractivity contribution in [2.45, 2.75) is 6.42 Å². The molecule has 0 aliphatic rings. The minimum atomic E-state index is -0.454. The molecule has 0 bridgehead atoms. The lowest BCUT2D eigenvalue weighted by molar-refractivity contribution is -0.123.